The van der Waals surface area contributed by atoms with E-state index < -0.39 is 0 Å². The van der Waals surface area contributed by atoms with Gasteiger partial charge in [0.05, 0.1) is 17.8 Å². The van der Waals surface area contributed by atoms with Crippen molar-refractivity contribution in [2.45, 2.75) is 0 Å². The summed E-state index contributed by atoms with van der Waals surface area (Å²) in [5.74, 6) is 1.06. The Labute approximate surface area is 127 Å². The molecular weight excluding hydrogens is 282 g/mol. The first kappa shape index (κ1) is 13.8. The van der Waals surface area contributed by atoms with Gasteiger partial charge in [-0.25, -0.2) is 0 Å². The van der Waals surface area contributed by atoms with Crippen LogP contribution in [-0.4, -0.2) is 19.2 Å². The lowest BCUT2D eigenvalue weighted by Gasteiger charge is -2.09. The normalized spacial score (nSPS) is 11.6. The summed E-state index contributed by atoms with van der Waals surface area (Å²) < 4.78 is 10.5. The molecule has 0 radical (unpaired) electrons. The molecule has 0 fully saturated rings. The molecule has 1 aliphatic rings. The quantitative estimate of drug-likeness (QED) is 0.904. The fraction of sp³-hybridized carbons (Fsp3) is 0.125. The van der Waals surface area contributed by atoms with Gasteiger partial charge in [-0.3, -0.25) is 4.79 Å². The zero-order valence-electron chi connectivity index (χ0n) is 11.6. The monoisotopic (exact) mass is 295 g/mol. The molecule has 3 rings (SSSR count). The van der Waals surface area contributed by atoms with Gasteiger partial charge in [-0.15, -0.1) is 0 Å². The molecule has 0 aliphatic carbocycles. The molecule has 2 aromatic rings. The highest BCUT2D eigenvalue weighted by Crippen LogP contribution is 2.34. The number of nitrogens with one attached hydrogen (secondary N) is 2. The van der Waals surface area contributed by atoms with Crippen molar-refractivity contribution in [2.24, 2.45) is 0 Å². The highest BCUT2D eigenvalue weighted by molar-refractivity contribution is 5.94. The molecule has 110 valence electrons. The highest BCUT2D eigenvalue weighted by atomic mass is 16.7. The third-order valence-corrected chi connectivity index (χ3v) is 3.14. The Bertz CT molecular complexity index is 753. The van der Waals surface area contributed by atoms with Gasteiger partial charge in [0.25, 0.3) is 0 Å². The van der Waals surface area contributed by atoms with E-state index >= 15 is 0 Å². The fourth-order valence-corrected chi connectivity index (χ4v) is 2.09. The predicted molar refractivity (Wildman–Crippen MR) is 80.8 cm³/mol. The number of benzene rings is 2. The van der Waals surface area contributed by atoms with Crippen LogP contribution in [0.4, 0.5) is 11.4 Å². The van der Waals surface area contributed by atoms with E-state index in [0.29, 0.717) is 28.4 Å². The van der Waals surface area contributed by atoms with Gasteiger partial charge in [0.15, 0.2) is 11.5 Å². The van der Waals surface area contributed by atoms with E-state index in [1.54, 1.807) is 42.5 Å². The Hall–Kier alpha value is -3.20. The standard InChI is InChI=1S/C16H13N3O3/c17-8-11-3-1-2-4-13(11)18-9-16(20)19-12-5-6-14-15(7-12)22-10-21-14/h1-7,18H,9-10H2,(H,19,20). The smallest absolute Gasteiger partial charge is 0.243 e. The molecule has 0 spiro atoms. The molecule has 2 N–H and O–H groups in total. The summed E-state index contributed by atoms with van der Waals surface area (Å²) >= 11 is 0. The van der Waals surface area contributed by atoms with E-state index in [1.165, 1.54) is 0 Å². The lowest BCUT2D eigenvalue weighted by Crippen LogP contribution is -2.22. The van der Waals surface area contributed by atoms with Gasteiger partial charge in [-0.1, -0.05) is 12.1 Å². The summed E-state index contributed by atoms with van der Waals surface area (Å²) in [6, 6.07) is 14.3. The molecule has 6 heteroatoms. The summed E-state index contributed by atoms with van der Waals surface area (Å²) in [6.45, 7) is 0.256. The van der Waals surface area contributed by atoms with E-state index in [4.69, 9.17) is 14.7 Å². The molecule has 6 nitrogen and oxygen atoms in total. The molecule has 22 heavy (non-hydrogen) atoms. The zero-order chi connectivity index (χ0) is 15.4. The minimum atomic E-state index is -0.216. The van der Waals surface area contributed by atoms with Crippen LogP contribution in [0, 0.1) is 11.3 Å². The molecule has 0 saturated carbocycles. The van der Waals surface area contributed by atoms with Gasteiger partial charge >= 0.3 is 0 Å². The van der Waals surface area contributed by atoms with Crippen molar-refractivity contribution < 1.29 is 14.3 Å². The van der Waals surface area contributed by atoms with Gasteiger partial charge < -0.3 is 20.1 Å². The first-order chi connectivity index (χ1) is 10.8. The summed E-state index contributed by atoms with van der Waals surface area (Å²) in [5.41, 5.74) is 1.76. The van der Waals surface area contributed by atoms with Crippen molar-refractivity contribution in [1.82, 2.24) is 0 Å². The lowest BCUT2D eigenvalue weighted by atomic mass is 10.2. The number of nitrogens with zero attached hydrogens (tertiary/aromatic N) is 1. The molecule has 0 atom stereocenters. The Balaban J connectivity index is 1.60. The molecule has 0 unspecified atom stereocenters. The van der Waals surface area contributed by atoms with Crippen molar-refractivity contribution in [1.29, 1.82) is 5.26 Å². The zero-order valence-corrected chi connectivity index (χ0v) is 11.6. The Morgan fingerprint density at radius 2 is 2.00 bits per heavy atom. The number of nitriles is 1. The number of ether oxygens (including phenoxy) is 2. The molecule has 1 heterocycles. The Morgan fingerprint density at radius 1 is 1.18 bits per heavy atom. The molecule has 2 aromatic carbocycles. The summed E-state index contributed by atoms with van der Waals surface area (Å²) in [4.78, 5) is 12.0. The second-order valence-electron chi connectivity index (χ2n) is 4.63. The molecule has 0 saturated heterocycles. The second-order valence-corrected chi connectivity index (χ2v) is 4.63. The average molecular weight is 295 g/mol. The van der Waals surface area contributed by atoms with Gasteiger partial charge in [0.2, 0.25) is 12.7 Å². The van der Waals surface area contributed by atoms with Gasteiger partial charge in [0, 0.05) is 11.8 Å². The largest absolute Gasteiger partial charge is 0.454 e. The van der Waals surface area contributed by atoms with E-state index in [-0.39, 0.29) is 19.2 Å². The number of carbonyl (C=O) groups excluding carboxylic acids is 1. The number of anilines is 2. The number of hydrogen-bond acceptors (Lipinski definition) is 5. The number of carbonyl (C=O) groups is 1. The molecule has 0 aromatic heterocycles. The maximum atomic E-state index is 12.0. The highest BCUT2D eigenvalue weighted by Gasteiger charge is 2.14. The summed E-state index contributed by atoms with van der Waals surface area (Å²) in [6.07, 6.45) is 0. The van der Waals surface area contributed by atoms with Gasteiger partial charge in [-0.05, 0) is 24.3 Å². The van der Waals surface area contributed by atoms with Crippen LogP contribution in [0.2, 0.25) is 0 Å². The van der Waals surface area contributed by atoms with E-state index in [1.807, 2.05) is 0 Å². The average Bonchev–Trinajstić information content (AvgIpc) is 3.01. The van der Waals surface area contributed by atoms with Crippen molar-refractivity contribution in [3.05, 3.63) is 48.0 Å². The van der Waals surface area contributed by atoms with Crippen LogP contribution in [-0.2, 0) is 4.79 Å². The van der Waals surface area contributed by atoms with Crippen LogP contribution >= 0.6 is 0 Å². The Morgan fingerprint density at radius 3 is 2.86 bits per heavy atom. The topological polar surface area (TPSA) is 83.4 Å². The van der Waals surface area contributed by atoms with Crippen LogP contribution in [0.1, 0.15) is 5.56 Å². The number of para-hydroxylation sites is 1. The maximum Gasteiger partial charge on any atom is 0.243 e. The second kappa shape index (κ2) is 6.06. The maximum absolute atomic E-state index is 12.0. The SMILES string of the molecule is N#Cc1ccccc1NCC(=O)Nc1ccc2c(c1)OCO2. The lowest BCUT2D eigenvalue weighted by molar-refractivity contribution is -0.114. The summed E-state index contributed by atoms with van der Waals surface area (Å²) in [7, 11) is 0. The third-order valence-electron chi connectivity index (χ3n) is 3.14. The summed E-state index contributed by atoms with van der Waals surface area (Å²) in [5, 5.41) is 14.7. The van der Waals surface area contributed by atoms with Crippen LogP contribution in [0.25, 0.3) is 0 Å². The molecule has 1 amide bonds. The van der Waals surface area contributed by atoms with Crippen LogP contribution < -0.4 is 20.1 Å². The van der Waals surface area contributed by atoms with Crippen LogP contribution in [0.15, 0.2) is 42.5 Å². The molecular formula is C16H13N3O3. The minimum Gasteiger partial charge on any atom is -0.454 e. The first-order valence-electron chi connectivity index (χ1n) is 6.69. The van der Waals surface area contributed by atoms with Crippen molar-refractivity contribution >= 4 is 17.3 Å². The van der Waals surface area contributed by atoms with E-state index in [0.717, 1.165) is 0 Å². The van der Waals surface area contributed by atoms with E-state index in [9.17, 15) is 4.79 Å². The number of amides is 1. The van der Waals surface area contributed by atoms with Crippen molar-refractivity contribution in [3.63, 3.8) is 0 Å². The van der Waals surface area contributed by atoms with Gasteiger partial charge in [0.1, 0.15) is 6.07 Å². The molecule has 1 aliphatic heterocycles. The van der Waals surface area contributed by atoms with Gasteiger partial charge in [-0.2, -0.15) is 5.26 Å². The predicted octanol–water partition coefficient (Wildman–Crippen LogP) is 2.34. The van der Waals surface area contributed by atoms with Crippen LogP contribution in [0.3, 0.4) is 0 Å². The first-order valence-corrected chi connectivity index (χ1v) is 6.69. The van der Waals surface area contributed by atoms with Crippen molar-refractivity contribution in [2.75, 3.05) is 24.0 Å². The molecule has 0 bridgehead atoms. The Kier molecular flexibility index (Phi) is 3.79. The van der Waals surface area contributed by atoms with Crippen molar-refractivity contribution in [3.8, 4) is 17.6 Å². The number of rotatable bonds is 4. The number of fused-ring (bicyclic) bond motifs is 1. The number of hydrogen-bond donors (Lipinski definition) is 2. The van der Waals surface area contributed by atoms with E-state index in [2.05, 4.69) is 16.7 Å². The third kappa shape index (κ3) is 2.94. The van der Waals surface area contributed by atoms with Crippen LogP contribution in [0.5, 0.6) is 11.5 Å². The minimum absolute atomic E-state index is 0.0626. The fourth-order valence-electron chi connectivity index (χ4n) is 2.09.